The van der Waals surface area contributed by atoms with Crippen LogP contribution in [0.2, 0.25) is 0 Å². The number of benzene rings is 2. The molecule has 1 saturated heterocycles. The van der Waals surface area contributed by atoms with Gasteiger partial charge in [0.15, 0.2) is 0 Å². The van der Waals surface area contributed by atoms with E-state index in [1.54, 1.807) is 25.1 Å². The number of amides is 2. The lowest BCUT2D eigenvalue weighted by molar-refractivity contribution is -0.122. The third-order valence-electron chi connectivity index (χ3n) is 5.93. The largest absolute Gasteiger partial charge is 0.371 e. The van der Waals surface area contributed by atoms with Crippen LogP contribution in [0.25, 0.3) is 0 Å². The molecular weight excluding hydrogens is 452 g/mol. The number of rotatable bonds is 10. The van der Waals surface area contributed by atoms with Crippen LogP contribution in [-0.4, -0.2) is 45.9 Å². The zero-order chi connectivity index (χ0) is 24.7. The fraction of sp³-hybridized carbons (Fsp3) is 0.440. The molecule has 184 valence electrons. The average molecular weight is 487 g/mol. The van der Waals surface area contributed by atoms with Crippen molar-refractivity contribution in [3.8, 4) is 0 Å². The van der Waals surface area contributed by atoms with Crippen molar-refractivity contribution in [1.82, 2.24) is 10.0 Å². The van der Waals surface area contributed by atoms with Crippen molar-refractivity contribution in [2.45, 2.75) is 57.4 Å². The highest BCUT2D eigenvalue weighted by Gasteiger charge is 2.17. The Morgan fingerprint density at radius 2 is 1.74 bits per heavy atom. The lowest BCUT2D eigenvalue weighted by atomic mass is 10.1. The Kier molecular flexibility index (Phi) is 8.68. The molecule has 0 spiro atoms. The maximum atomic E-state index is 12.4. The van der Waals surface area contributed by atoms with Crippen molar-refractivity contribution < 1.29 is 18.0 Å². The molecule has 34 heavy (non-hydrogen) atoms. The summed E-state index contributed by atoms with van der Waals surface area (Å²) in [5, 5.41) is 5.64. The topological polar surface area (TPSA) is 108 Å². The van der Waals surface area contributed by atoms with Crippen LogP contribution in [0.5, 0.6) is 0 Å². The van der Waals surface area contributed by atoms with E-state index in [2.05, 4.69) is 20.3 Å². The molecule has 1 aliphatic heterocycles. The molecular formula is C25H34N4O4S. The fourth-order valence-corrected chi connectivity index (χ4v) is 5.02. The fourth-order valence-electron chi connectivity index (χ4n) is 3.91. The van der Waals surface area contributed by atoms with Gasteiger partial charge in [-0.1, -0.05) is 12.1 Å². The molecule has 0 aliphatic carbocycles. The van der Waals surface area contributed by atoms with Crippen molar-refractivity contribution >= 4 is 33.2 Å². The molecule has 2 aromatic rings. The molecule has 2 aromatic carbocycles. The Morgan fingerprint density at radius 3 is 2.44 bits per heavy atom. The molecule has 1 heterocycles. The number of anilines is 2. The number of nitrogens with one attached hydrogen (secondary N) is 3. The maximum Gasteiger partial charge on any atom is 0.240 e. The SMILES string of the molecule is Cc1ccc(S(=O)(=O)NCCC(=O)NC(C)CC(=O)Nc2cccc(N3CCCC3)c2)cc1C. The third-order valence-corrected chi connectivity index (χ3v) is 7.39. The van der Waals surface area contributed by atoms with Crippen LogP contribution >= 0.6 is 0 Å². The first-order valence-electron chi connectivity index (χ1n) is 11.7. The second kappa shape index (κ2) is 11.5. The van der Waals surface area contributed by atoms with Crippen LogP contribution in [-0.2, 0) is 19.6 Å². The zero-order valence-electron chi connectivity index (χ0n) is 20.1. The number of carbonyl (C=O) groups is 2. The standard InChI is InChI=1S/C25H34N4O4S/c1-18-9-10-23(15-19(18)2)34(32,33)26-12-11-24(30)27-20(3)16-25(31)28-21-7-6-8-22(17-21)29-13-4-5-14-29/h6-10,15,17,20,26H,4-5,11-14,16H2,1-3H3,(H,27,30)(H,28,31). The van der Waals surface area contributed by atoms with E-state index in [1.165, 1.54) is 12.8 Å². The van der Waals surface area contributed by atoms with Gasteiger partial charge in [-0.05, 0) is 75.1 Å². The third kappa shape index (κ3) is 7.30. The van der Waals surface area contributed by atoms with Crippen LogP contribution < -0.4 is 20.3 Å². The number of sulfonamides is 1. The lowest BCUT2D eigenvalue weighted by Crippen LogP contribution is -2.37. The van der Waals surface area contributed by atoms with Crippen molar-refractivity contribution in [1.29, 1.82) is 0 Å². The molecule has 0 bridgehead atoms. The Labute approximate surface area is 202 Å². The van der Waals surface area contributed by atoms with E-state index in [-0.39, 0.29) is 42.1 Å². The Balaban J connectivity index is 1.41. The molecule has 8 nitrogen and oxygen atoms in total. The van der Waals surface area contributed by atoms with Crippen LogP contribution in [0, 0.1) is 13.8 Å². The van der Waals surface area contributed by atoms with Gasteiger partial charge in [-0.3, -0.25) is 9.59 Å². The van der Waals surface area contributed by atoms with Crippen molar-refractivity contribution in [2.75, 3.05) is 29.9 Å². The maximum absolute atomic E-state index is 12.4. The van der Waals surface area contributed by atoms with E-state index in [0.717, 1.165) is 35.6 Å². The summed E-state index contributed by atoms with van der Waals surface area (Å²) in [7, 11) is -3.68. The molecule has 2 amide bonds. The van der Waals surface area contributed by atoms with Crippen molar-refractivity contribution in [2.24, 2.45) is 0 Å². The van der Waals surface area contributed by atoms with Gasteiger partial charge in [-0.15, -0.1) is 0 Å². The van der Waals surface area contributed by atoms with E-state index in [9.17, 15) is 18.0 Å². The quantitative estimate of drug-likeness (QED) is 0.478. The van der Waals surface area contributed by atoms with Gasteiger partial charge in [-0.25, -0.2) is 13.1 Å². The predicted molar refractivity (Wildman–Crippen MR) is 134 cm³/mol. The summed E-state index contributed by atoms with van der Waals surface area (Å²) in [6.07, 6.45) is 2.46. The monoisotopic (exact) mass is 486 g/mol. The van der Waals surface area contributed by atoms with Crippen LogP contribution in [0.4, 0.5) is 11.4 Å². The van der Waals surface area contributed by atoms with Crippen molar-refractivity contribution in [3.63, 3.8) is 0 Å². The van der Waals surface area contributed by atoms with E-state index in [4.69, 9.17) is 0 Å². The van der Waals surface area contributed by atoms with Gasteiger partial charge in [0.25, 0.3) is 0 Å². The Bertz CT molecular complexity index is 1130. The molecule has 0 radical (unpaired) electrons. The van der Waals surface area contributed by atoms with Crippen LogP contribution in [0.1, 0.15) is 43.7 Å². The van der Waals surface area contributed by atoms with E-state index < -0.39 is 10.0 Å². The zero-order valence-corrected chi connectivity index (χ0v) is 20.9. The summed E-state index contributed by atoms with van der Waals surface area (Å²) < 4.78 is 27.3. The molecule has 3 N–H and O–H groups in total. The van der Waals surface area contributed by atoms with Gasteiger partial charge in [0, 0.05) is 49.9 Å². The van der Waals surface area contributed by atoms with Gasteiger partial charge in [-0.2, -0.15) is 0 Å². The lowest BCUT2D eigenvalue weighted by Gasteiger charge is -2.19. The summed E-state index contributed by atoms with van der Waals surface area (Å²) in [6.45, 7) is 7.55. The minimum absolute atomic E-state index is 0.0199. The molecule has 1 unspecified atom stereocenters. The van der Waals surface area contributed by atoms with E-state index >= 15 is 0 Å². The van der Waals surface area contributed by atoms with Gasteiger partial charge in [0.05, 0.1) is 4.90 Å². The second-order valence-electron chi connectivity index (χ2n) is 8.86. The summed E-state index contributed by atoms with van der Waals surface area (Å²) in [5.74, 6) is -0.513. The predicted octanol–water partition coefficient (Wildman–Crippen LogP) is 3.11. The van der Waals surface area contributed by atoms with Crippen molar-refractivity contribution in [3.05, 3.63) is 53.6 Å². The molecule has 0 aromatic heterocycles. The highest BCUT2D eigenvalue weighted by molar-refractivity contribution is 7.89. The Hall–Kier alpha value is -2.91. The molecule has 1 atom stereocenters. The van der Waals surface area contributed by atoms with E-state index in [1.807, 2.05) is 38.1 Å². The summed E-state index contributed by atoms with van der Waals surface area (Å²) in [5.41, 5.74) is 3.72. The Morgan fingerprint density at radius 1 is 1.00 bits per heavy atom. The minimum Gasteiger partial charge on any atom is -0.371 e. The average Bonchev–Trinajstić information content (AvgIpc) is 3.30. The molecule has 1 aliphatic rings. The molecule has 9 heteroatoms. The van der Waals surface area contributed by atoms with E-state index in [0.29, 0.717) is 0 Å². The minimum atomic E-state index is -3.68. The number of carbonyl (C=O) groups excluding carboxylic acids is 2. The highest BCUT2D eigenvalue weighted by atomic mass is 32.2. The molecule has 0 saturated carbocycles. The molecule has 3 rings (SSSR count). The first-order valence-corrected chi connectivity index (χ1v) is 13.1. The number of hydrogen-bond acceptors (Lipinski definition) is 5. The highest BCUT2D eigenvalue weighted by Crippen LogP contribution is 2.23. The van der Waals surface area contributed by atoms with Crippen LogP contribution in [0.15, 0.2) is 47.4 Å². The summed E-state index contributed by atoms with van der Waals surface area (Å²) >= 11 is 0. The van der Waals surface area contributed by atoms with Gasteiger partial charge in [0.2, 0.25) is 21.8 Å². The number of aryl methyl sites for hydroxylation is 2. The first-order chi connectivity index (χ1) is 16.1. The van der Waals surface area contributed by atoms with Gasteiger partial charge in [0.1, 0.15) is 0 Å². The smallest absolute Gasteiger partial charge is 0.240 e. The molecule has 1 fully saturated rings. The first kappa shape index (κ1) is 25.7. The second-order valence-corrected chi connectivity index (χ2v) is 10.6. The van der Waals surface area contributed by atoms with Gasteiger partial charge < -0.3 is 15.5 Å². The summed E-state index contributed by atoms with van der Waals surface area (Å²) in [6, 6.07) is 12.3. The number of hydrogen-bond donors (Lipinski definition) is 3. The normalized spacial score (nSPS) is 14.6. The van der Waals surface area contributed by atoms with Crippen LogP contribution in [0.3, 0.4) is 0 Å². The number of nitrogens with zero attached hydrogens (tertiary/aromatic N) is 1. The van der Waals surface area contributed by atoms with Gasteiger partial charge >= 0.3 is 0 Å². The summed E-state index contributed by atoms with van der Waals surface area (Å²) in [4.78, 5) is 27.1.